The van der Waals surface area contributed by atoms with Crippen molar-refractivity contribution in [3.05, 3.63) is 35.4 Å². The van der Waals surface area contributed by atoms with Crippen molar-refractivity contribution in [2.45, 2.75) is 26.1 Å². The number of nitrogens with zero attached hydrogens (tertiary/aromatic N) is 1. The number of hydrogen-bond acceptors (Lipinski definition) is 4. The number of carbonyl (C=O) groups excluding carboxylic acids is 1. The molecule has 1 fully saturated rings. The molecule has 1 aliphatic heterocycles. The zero-order valence-electron chi connectivity index (χ0n) is 11.8. The summed E-state index contributed by atoms with van der Waals surface area (Å²) in [6, 6.07) is 7.51. The Morgan fingerprint density at radius 3 is 2.50 bits per heavy atom. The minimum Gasteiger partial charge on any atom is -0.392 e. The number of aliphatic hydroxyl groups is 1. The molecule has 1 unspecified atom stereocenters. The van der Waals surface area contributed by atoms with Crippen LogP contribution < -0.4 is 5.32 Å². The highest BCUT2D eigenvalue weighted by Crippen LogP contribution is 2.05. The van der Waals surface area contributed by atoms with Crippen LogP contribution in [0, 0.1) is 0 Å². The largest absolute Gasteiger partial charge is 0.392 e. The average Bonchev–Trinajstić information content (AvgIpc) is 2.53. The molecule has 1 aromatic carbocycles. The standard InChI is InChI=1S/C15H22N2O3/c1-12(15(19)17-6-8-20-9-7-17)16-10-13-2-4-14(11-18)5-3-13/h2-5,12,16,18H,6-11H2,1H3. The third kappa shape index (κ3) is 4.03. The van der Waals surface area contributed by atoms with E-state index in [9.17, 15) is 4.79 Å². The quantitative estimate of drug-likeness (QED) is 0.824. The lowest BCUT2D eigenvalue weighted by atomic mass is 10.1. The molecule has 5 nitrogen and oxygen atoms in total. The van der Waals surface area contributed by atoms with E-state index < -0.39 is 0 Å². The summed E-state index contributed by atoms with van der Waals surface area (Å²) in [6.07, 6.45) is 0. The predicted octanol–water partition coefficient (Wildman–Crippen LogP) is 0.516. The number of amides is 1. The summed E-state index contributed by atoms with van der Waals surface area (Å²) in [5.74, 6) is 0.125. The summed E-state index contributed by atoms with van der Waals surface area (Å²) in [4.78, 5) is 14.0. The van der Waals surface area contributed by atoms with Crippen LogP contribution in [0.15, 0.2) is 24.3 Å². The molecule has 0 aromatic heterocycles. The Kier molecular flexibility index (Phi) is 5.52. The second-order valence-electron chi connectivity index (χ2n) is 5.01. The van der Waals surface area contributed by atoms with Gasteiger partial charge in [0.1, 0.15) is 0 Å². The average molecular weight is 278 g/mol. The Labute approximate surface area is 119 Å². The maximum absolute atomic E-state index is 12.2. The Bertz CT molecular complexity index is 427. The Morgan fingerprint density at radius 1 is 1.30 bits per heavy atom. The molecule has 2 N–H and O–H groups in total. The maximum atomic E-state index is 12.2. The first-order valence-electron chi connectivity index (χ1n) is 6.99. The van der Waals surface area contributed by atoms with Crippen LogP contribution >= 0.6 is 0 Å². The first kappa shape index (κ1) is 15.0. The molecule has 0 bridgehead atoms. The summed E-state index contributed by atoms with van der Waals surface area (Å²) in [5.41, 5.74) is 2.00. The number of benzene rings is 1. The number of morpholine rings is 1. The van der Waals surface area contributed by atoms with E-state index in [1.54, 1.807) is 0 Å². The van der Waals surface area contributed by atoms with E-state index in [-0.39, 0.29) is 18.6 Å². The molecule has 1 saturated heterocycles. The van der Waals surface area contributed by atoms with Gasteiger partial charge in [-0.15, -0.1) is 0 Å². The molecule has 2 rings (SSSR count). The minimum absolute atomic E-state index is 0.0552. The maximum Gasteiger partial charge on any atom is 0.239 e. The van der Waals surface area contributed by atoms with Gasteiger partial charge >= 0.3 is 0 Å². The van der Waals surface area contributed by atoms with Gasteiger partial charge in [-0.1, -0.05) is 24.3 Å². The third-order valence-corrected chi connectivity index (χ3v) is 3.51. The molecule has 0 spiro atoms. The lowest BCUT2D eigenvalue weighted by Crippen LogP contribution is -2.49. The number of aliphatic hydroxyl groups excluding tert-OH is 1. The van der Waals surface area contributed by atoms with Crippen molar-refractivity contribution >= 4 is 5.91 Å². The van der Waals surface area contributed by atoms with E-state index in [4.69, 9.17) is 9.84 Å². The highest BCUT2D eigenvalue weighted by molar-refractivity contribution is 5.81. The highest BCUT2D eigenvalue weighted by Gasteiger charge is 2.21. The van der Waals surface area contributed by atoms with Crippen LogP contribution in [0.4, 0.5) is 0 Å². The lowest BCUT2D eigenvalue weighted by molar-refractivity contribution is -0.137. The fourth-order valence-corrected chi connectivity index (χ4v) is 2.18. The summed E-state index contributed by atoms with van der Waals surface area (Å²) < 4.78 is 5.25. The van der Waals surface area contributed by atoms with Crippen molar-refractivity contribution in [2.24, 2.45) is 0 Å². The van der Waals surface area contributed by atoms with E-state index in [2.05, 4.69) is 5.32 Å². The van der Waals surface area contributed by atoms with Gasteiger partial charge in [-0.2, -0.15) is 0 Å². The fraction of sp³-hybridized carbons (Fsp3) is 0.533. The zero-order chi connectivity index (χ0) is 14.4. The minimum atomic E-state index is -0.203. The van der Waals surface area contributed by atoms with Crippen molar-refractivity contribution in [3.8, 4) is 0 Å². The second-order valence-corrected chi connectivity index (χ2v) is 5.01. The first-order chi connectivity index (χ1) is 9.70. The van der Waals surface area contributed by atoms with E-state index in [1.165, 1.54) is 0 Å². The normalized spacial score (nSPS) is 17.0. The number of rotatable bonds is 5. The van der Waals surface area contributed by atoms with E-state index in [1.807, 2.05) is 36.1 Å². The van der Waals surface area contributed by atoms with Crippen LogP contribution in [0.3, 0.4) is 0 Å². The van der Waals surface area contributed by atoms with Gasteiger partial charge in [-0.05, 0) is 18.1 Å². The van der Waals surface area contributed by atoms with Crippen molar-refractivity contribution in [2.75, 3.05) is 26.3 Å². The van der Waals surface area contributed by atoms with Crippen LogP contribution in [0.2, 0.25) is 0 Å². The van der Waals surface area contributed by atoms with Gasteiger partial charge in [0.25, 0.3) is 0 Å². The Balaban J connectivity index is 1.81. The summed E-state index contributed by atoms with van der Waals surface area (Å²) in [6.45, 7) is 5.19. The second kappa shape index (κ2) is 7.38. The predicted molar refractivity (Wildman–Crippen MR) is 76.1 cm³/mol. The molecule has 5 heteroatoms. The molecule has 0 aliphatic carbocycles. The van der Waals surface area contributed by atoms with Crippen LogP contribution in [0.1, 0.15) is 18.1 Å². The molecule has 1 amide bonds. The molecular weight excluding hydrogens is 256 g/mol. The molecule has 0 saturated carbocycles. The van der Waals surface area contributed by atoms with E-state index in [0.717, 1.165) is 11.1 Å². The molecule has 110 valence electrons. The third-order valence-electron chi connectivity index (χ3n) is 3.51. The molecule has 0 radical (unpaired) electrons. The lowest BCUT2D eigenvalue weighted by Gasteiger charge is -2.29. The smallest absolute Gasteiger partial charge is 0.239 e. The van der Waals surface area contributed by atoms with Crippen molar-refractivity contribution < 1.29 is 14.6 Å². The zero-order valence-corrected chi connectivity index (χ0v) is 11.8. The van der Waals surface area contributed by atoms with E-state index in [0.29, 0.717) is 32.8 Å². The summed E-state index contributed by atoms with van der Waals surface area (Å²) in [5, 5.41) is 12.2. The topological polar surface area (TPSA) is 61.8 Å². The molecular formula is C15H22N2O3. The molecule has 1 aromatic rings. The van der Waals surface area contributed by atoms with Gasteiger partial charge in [0.15, 0.2) is 0 Å². The fourth-order valence-electron chi connectivity index (χ4n) is 2.18. The highest BCUT2D eigenvalue weighted by atomic mass is 16.5. The van der Waals surface area contributed by atoms with Crippen molar-refractivity contribution in [3.63, 3.8) is 0 Å². The Hall–Kier alpha value is -1.43. The first-order valence-corrected chi connectivity index (χ1v) is 6.99. The monoisotopic (exact) mass is 278 g/mol. The van der Waals surface area contributed by atoms with Gasteiger partial charge in [-0.25, -0.2) is 0 Å². The van der Waals surface area contributed by atoms with Crippen LogP contribution in [-0.2, 0) is 22.7 Å². The van der Waals surface area contributed by atoms with Gasteiger partial charge < -0.3 is 20.1 Å². The van der Waals surface area contributed by atoms with Gasteiger partial charge in [0.05, 0.1) is 25.9 Å². The van der Waals surface area contributed by atoms with Gasteiger partial charge in [0.2, 0.25) is 5.91 Å². The van der Waals surface area contributed by atoms with Crippen LogP contribution in [0.25, 0.3) is 0 Å². The molecule has 20 heavy (non-hydrogen) atoms. The molecule has 1 atom stereocenters. The molecule has 1 aliphatic rings. The molecule has 1 heterocycles. The SMILES string of the molecule is CC(NCc1ccc(CO)cc1)C(=O)N1CCOCC1. The van der Waals surface area contributed by atoms with Crippen LogP contribution in [-0.4, -0.2) is 48.3 Å². The van der Waals surface area contributed by atoms with Crippen molar-refractivity contribution in [1.82, 2.24) is 10.2 Å². The number of hydrogen-bond donors (Lipinski definition) is 2. The van der Waals surface area contributed by atoms with Crippen molar-refractivity contribution in [1.29, 1.82) is 0 Å². The van der Waals surface area contributed by atoms with E-state index >= 15 is 0 Å². The van der Waals surface area contributed by atoms with Gasteiger partial charge in [0, 0.05) is 19.6 Å². The summed E-state index contributed by atoms with van der Waals surface area (Å²) >= 11 is 0. The number of nitrogens with one attached hydrogen (secondary N) is 1. The summed E-state index contributed by atoms with van der Waals surface area (Å²) in [7, 11) is 0. The number of ether oxygens (including phenoxy) is 1. The van der Waals surface area contributed by atoms with Crippen LogP contribution in [0.5, 0.6) is 0 Å². The number of carbonyl (C=O) groups is 1. The van der Waals surface area contributed by atoms with Gasteiger partial charge in [-0.3, -0.25) is 4.79 Å². The Morgan fingerprint density at radius 2 is 1.90 bits per heavy atom.